The molecule has 1 heterocycles. The van der Waals surface area contributed by atoms with Crippen LogP contribution in [-0.4, -0.2) is 54.7 Å². The number of carbonyl (C=O) groups is 1. The lowest BCUT2D eigenvalue weighted by Gasteiger charge is -2.33. The second-order valence-corrected chi connectivity index (χ2v) is 7.45. The molecule has 1 fully saturated rings. The summed E-state index contributed by atoms with van der Waals surface area (Å²) in [5.41, 5.74) is 0.763. The molecule has 7 nitrogen and oxygen atoms in total. The van der Waals surface area contributed by atoms with Crippen LogP contribution in [0, 0.1) is 12.8 Å². The van der Waals surface area contributed by atoms with Crippen molar-refractivity contribution in [1.82, 2.24) is 4.31 Å². The maximum Gasteiger partial charge on any atom is 0.310 e. The summed E-state index contributed by atoms with van der Waals surface area (Å²) in [6.45, 7) is 3.68. The molecule has 23 heavy (non-hydrogen) atoms. The molecule has 0 spiro atoms. The molecule has 1 aromatic carbocycles. The molecule has 0 aromatic heterocycles. The van der Waals surface area contributed by atoms with Gasteiger partial charge in [-0.1, -0.05) is 6.07 Å². The van der Waals surface area contributed by atoms with E-state index in [2.05, 4.69) is 0 Å². The van der Waals surface area contributed by atoms with Gasteiger partial charge < -0.3 is 14.9 Å². The van der Waals surface area contributed by atoms with Crippen LogP contribution in [0.4, 0.5) is 0 Å². The second-order valence-electron chi connectivity index (χ2n) is 5.55. The third-order valence-electron chi connectivity index (χ3n) is 3.87. The van der Waals surface area contributed by atoms with E-state index in [9.17, 15) is 18.3 Å². The Kier molecular flexibility index (Phi) is 5.28. The van der Waals surface area contributed by atoms with E-state index in [-0.39, 0.29) is 30.2 Å². The van der Waals surface area contributed by atoms with Crippen LogP contribution in [0.3, 0.4) is 0 Å². The summed E-state index contributed by atoms with van der Waals surface area (Å²) in [6, 6.07) is 4.87. The van der Waals surface area contributed by atoms with Crippen molar-refractivity contribution in [2.24, 2.45) is 5.92 Å². The van der Waals surface area contributed by atoms with Gasteiger partial charge in [0, 0.05) is 13.1 Å². The van der Waals surface area contributed by atoms with Gasteiger partial charge in [-0.3, -0.25) is 4.79 Å². The minimum atomic E-state index is -3.89. The van der Waals surface area contributed by atoms with E-state index in [4.69, 9.17) is 9.84 Å². The van der Waals surface area contributed by atoms with Crippen LogP contribution in [0.2, 0.25) is 0 Å². The van der Waals surface area contributed by atoms with Crippen molar-refractivity contribution in [2.75, 3.05) is 19.7 Å². The highest BCUT2D eigenvalue weighted by Gasteiger charge is 2.39. The van der Waals surface area contributed by atoms with E-state index in [1.54, 1.807) is 26.0 Å². The standard InChI is InChI=1S/C15H21NO6S/c1-3-22-13-5-4-10(2)8-14(13)23(20,21)16-7-6-12(17)11(9-16)15(18)19/h4-5,8,11-12,17H,3,6-7,9H2,1-2H3,(H,18,19)/t11-,12+/m0/s1. The molecule has 2 atom stereocenters. The highest BCUT2D eigenvalue weighted by atomic mass is 32.2. The topological polar surface area (TPSA) is 104 Å². The summed E-state index contributed by atoms with van der Waals surface area (Å²) >= 11 is 0. The number of hydrogen-bond acceptors (Lipinski definition) is 5. The Labute approximate surface area is 135 Å². The van der Waals surface area contributed by atoms with Crippen LogP contribution < -0.4 is 4.74 Å². The Bertz CT molecular complexity index is 687. The van der Waals surface area contributed by atoms with Gasteiger partial charge in [-0.15, -0.1) is 0 Å². The van der Waals surface area contributed by atoms with Gasteiger partial charge in [0.1, 0.15) is 10.6 Å². The number of carboxylic acids is 1. The molecule has 128 valence electrons. The number of benzene rings is 1. The number of piperidine rings is 1. The van der Waals surface area contributed by atoms with Crippen molar-refractivity contribution < 1.29 is 28.2 Å². The number of aliphatic hydroxyl groups is 1. The molecule has 0 radical (unpaired) electrons. The fourth-order valence-corrected chi connectivity index (χ4v) is 4.30. The molecule has 2 N–H and O–H groups in total. The molecular weight excluding hydrogens is 322 g/mol. The average molecular weight is 343 g/mol. The third-order valence-corrected chi connectivity index (χ3v) is 5.76. The summed E-state index contributed by atoms with van der Waals surface area (Å²) in [7, 11) is -3.89. The first-order valence-electron chi connectivity index (χ1n) is 7.41. The van der Waals surface area contributed by atoms with Gasteiger partial charge in [0.25, 0.3) is 0 Å². The number of aliphatic hydroxyl groups excluding tert-OH is 1. The number of rotatable bonds is 5. The Morgan fingerprint density at radius 2 is 2.13 bits per heavy atom. The first-order valence-corrected chi connectivity index (χ1v) is 8.85. The van der Waals surface area contributed by atoms with Gasteiger partial charge in [-0.2, -0.15) is 4.31 Å². The Morgan fingerprint density at radius 3 is 2.74 bits per heavy atom. The van der Waals surface area contributed by atoms with Crippen LogP contribution in [0.1, 0.15) is 18.9 Å². The van der Waals surface area contributed by atoms with E-state index in [1.807, 2.05) is 0 Å². The van der Waals surface area contributed by atoms with Crippen LogP contribution in [0.15, 0.2) is 23.1 Å². The molecular formula is C15H21NO6S. The normalized spacial score (nSPS) is 22.7. The summed E-state index contributed by atoms with van der Waals surface area (Å²) in [5.74, 6) is -2.08. The molecule has 2 rings (SSSR count). The zero-order valence-electron chi connectivity index (χ0n) is 13.1. The van der Waals surface area contributed by atoms with Gasteiger partial charge in [0.05, 0.1) is 18.6 Å². The van der Waals surface area contributed by atoms with Crippen LogP contribution in [-0.2, 0) is 14.8 Å². The number of sulfonamides is 1. The first-order chi connectivity index (χ1) is 10.8. The lowest BCUT2D eigenvalue weighted by molar-refractivity contribution is -0.147. The zero-order chi connectivity index (χ0) is 17.2. The van der Waals surface area contributed by atoms with E-state index < -0.39 is 28.0 Å². The quantitative estimate of drug-likeness (QED) is 0.821. The van der Waals surface area contributed by atoms with Crippen molar-refractivity contribution in [3.63, 3.8) is 0 Å². The highest BCUT2D eigenvalue weighted by Crippen LogP contribution is 2.31. The van der Waals surface area contributed by atoms with Crippen molar-refractivity contribution in [1.29, 1.82) is 0 Å². The molecule has 8 heteroatoms. The number of carboxylic acid groups (broad SMARTS) is 1. The molecule has 0 unspecified atom stereocenters. The summed E-state index contributed by atoms with van der Waals surface area (Å²) in [5, 5.41) is 18.9. The van der Waals surface area contributed by atoms with Crippen molar-refractivity contribution in [2.45, 2.75) is 31.3 Å². The minimum Gasteiger partial charge on any atom is -0.492 e. The average Bonchev–Trinajstić information content (AvgIpc) is 2.49. The number of aliphatic carboxylic acids is 1. The Hall–Kier alpha value is -1.64. The SMILES string of the molecule is CCOc1ccc(C)cc1S(=O)(=O)N1CC[C@@H](O)[C@@H](C(=O)O)C1. The molecule has 1 saturated heterocycles. The number of ether oxygens (including phenoxy) is 1. The van der Waals surface area contributed by atoms with Gasteiger partial charge in [0.15, 0.2) is 0 Å². The summed E-state index contributed by atoms with van der Waals surface area (Å²) < 4.78 is 32.3. The van der Waals surface area contributed by atoms with E-state index in [0.29, 0.717) is 6.61 Å². The van der Waals surface area contributed by atoms with Gasteiger partial charge in [-0.05, 0) is 38.0 Å². The maximum absolute atomic E-state index is 12.9. The molecule has 0 amide bonds. The minimum absolute atomic E-state index is 0.0277. The van der Waals surface area contributed by atoms with Gasteiger partial charge in [0.2, 0.25) is 10.0 Å². The van der Waals surface area contributed by atoms with Crippen molar-refractivity contribution >= 4 is 16.0 Å². The molecule has 0 aliphatic carbocycles. The number of nitrogens with zero attached hydrogens (tertiary/aromatic N) is 1. The van der Waals surface area contributed by atoms with Crippen LogP contribution >= 0.6 is 0 Å². The predicted molar refractivity (Wildman–Crippen MR) is 82.9 cm³/mol. The van der Waals surface area contributed by atoms with Crippen molar-refractivity contribution in [3.8, 4) is 5.75 Å². The maximum atomic E-state index is 12.9. The third kappa shape index (κ3) is 3.65. The van der Waals surface area contributed by atoms with Crippen LogP contribution in [0.5, 0.6) is 5.75 Å². The monoisotopic (exact) mass is 343 g/mol. The molecule has 0 bridgehead atoms. The van der Waals surface area contributed by atoms with Crippen LogP contribution in [0.25, 0.3) is 0 Å². The lowest BCUT2D eigenvalue weighted by atomic mass is 9.96. The molecule has 1 aliphatic rings. The van der Waals surface area contributed by atoms with E-state index >= 15 is 0 Å². The number of hydrogen-bond donors (Lipinski definition) is 2. The fraction of sp³-hybridized carbons (Fsp3) is 0.533. The Morgan fingerprint density at radius 1 is 1.43 bits per heavy atom. The Balaban J connectivity index is 2.38. The molecule has 0 saturated carbocycles. The second kappa shape index (κ2) is 6.86. The smallest absolute Gasteiger partial charge is 0.310 e. The van der Waals surface area contributed by atoms with Crippen molar-refractivity contribution in [3.05, 3.63) is 23.8 Å². The molecule has 1 aromatic rings. The summed E-state index contributed by atoms with van der Waals surface area (Å²) in [6.07, 6.45) is -0.950. The number of aryl methyl sites for hydroxylation is 1. The van der Waals surface area contributed by atoms with Gasteiger partial charge >= 0.3 is 5.97 Å². The predicted octanol–water partition coefficient (Wildman–Crippen LogP) is 0.850. The van der Waals surface area contributed by atoms with Gasteiger partial charge in [-0.25, -0.2) is 8.42 Å². The highest BCUT2D eigenvalue weighted by molar-refractivity contribution is 7.89. The zero-order valence-corrected chi connectivity index (χ0v) is 13.9. The van der Waals surface area contributed by atoms with E-state index in [1.165, 1.54) is 6.07 Å². The lowest BCUT2D eigenvalue weighted by Crippen LogP contribution is -2.48. The molecule has 1 aliphatic heterocycles. The fourth-order valence-electron chi connectivity index (χ4n) is 2.60. The first kappa shape index (κ1) is 17.7. The largest absolute Gasteiger partial charge is 0.492 e. The summed E-state index contributed by atoms with van der Waals surface area (Å²) in [4.78, 5) is 11.2. The van der Waals surface area contributed by atoms with E-state index in [0.717, 1.165) is 9.87 Å².